The van der Waals surface area contributed by atoms with Gasteiger partial charge in [-0.1, -0.05) is 20.8 Å². The minimum atomic E-state index is 0.411. The standard InChI is InChI=1S/C11H25N2O/c1-11(2,3)10-12-6-8-13(4,14-5)9-7-12/h6-10H2,1-5H3/q+1. The molecule has 0 spiro atoms. The first kappa shape index (κ1) is 12.0. The largest absolute Gasteiger partial charge is 0.292 e. The van der Waals surface area contributed by atoms with Crippen molar-refractivity contribution >= 4 is 0 Å². The summed E-state index contributed by atoms with van der Waals surface area (Å²) >= 11 is 0. The normalized spacial score (nSPS) is 23.8. The topological polar surface area (TPSA) is 12.5 Å². The maximum absolute atomic E-state index is 5.47. The summed E-state index contributed by atoms with van der Waals surface area (Å²) in [6, 6.07) is 0. The second-order valence-corrected chi connectivity index (χ2v) is 5.76. The van der Waals surface area contributed by atoms with Crippen LogP contribution in [0.2, 0.25) is 0 Å². The lowest BCUT2D eigenvalue weighted by Crippen LogP contribution is -2.57. The summed E-state index contributed by atoms with van der Waals surface area (Å²) in [6.45, 7) is 12.6. The number of quaternary nitrogens is 1. The van der Waals surface area contributed by atoms with Gasteiger partial charge in [0, 0.05) is 6.54 Å². The summed E-state index contributed by atoms with van der Waals surface area (Å²) in [6.07, 6.45) is 0. The van der Waals surface area contributed by atoms with Gasteiger partial charge in [-0.05, 0) is 5.41 Å². The van der Waals surface area contributed by atoms with Crippen molar-refractivity contribution in [2.45, 2.75) is 20.8 Å². The average Bonchev–Trinajstić information content (AvgIpc) is 2.07. The molecule has 3 heteroatoms. The third-order valence-corrected chi connectivity index (χ3v) is 2.92. The molecule has 0 N–H and O–H groups in total. The SMILES string of the molecule is CO[N+]1(C)CCN(CC(C)(C)C)CC1. The zero-order valence-corrected chi connectivity index (χ0v) is 10.3. The van der Waals surface area contributed by atoms with Crippen LogP contribution in [0.1, 0.15) is 20.8 Å². The predicted octanol–water partition coefficient (Wildman–Crippen LogP) is 1.36. The van der Waals surface area contributed by atoms with Crippen LogP contribution in [0.5, 0.6) is 0 Å². The van der Waals surface area contributed by atoms with Crippen LogP contribution in [-0.4, -0.2) is 56.4 Å². The highest BCUT2D eigenvalue weighted by Gasteiger charge is 2.30. The summed E-state index contributed by atoms with van der Waals surface area (Å²) in [5.41, 5.74) is 0.411. The van der Waals surface area contributed by atoms with Gasteiger partial charge in [0.2, 0.25) is 0 Å². The van der Waals surface area contributed by atoms with Gasteiger partial charge in [-0.15, -0.1) is 0 Å². The predicted molar refractivity (Wildman–Crippen MR) is 58.8 cm³/mol. The first-order valence-electron chi connectivity index (χ1n) is 5.47. The van der Waals surface area contributed by atoms with E-state index in [1.165, 1.54) is 6.54 Å². The Labute approximate surface area is 88.2 Å². The van der Waals surface area contributed by atoms with E-state index in [1.54, 1.807) is 7.11 Å². The number of hydroxylamine groups is 3. The van der Waals surface area contributed by atoms with Crippen LogP contribution in [0.15, 0.2) is 0 Å². The summed E-state index contributed by atoms with van der Waals surface area (Å²) < 4.78 is 0.765. The van der Waals surface area contributed by atoms with Crippen molar-refractivity contribution in [3.8, 4) is 0 Å². The van der Waals surface area contributed by atoms with Crippen molar-refractivity contribution in [1.82, 2.24) is 4.90 Å². The van der Waals surface area contributed by atoms with Crippen LogP contribution in [0.4, 0.5) is 0 Å². The maximum atomic E-state index is 5.47. The molecule has 1 rings (SSSR count). The Bertz CT molecular complexity index is 178. The van der Waals surface area contributed by atoms with Crippen LogP contribution >= 0.6 is 0 Å². The van der Waals surface area contributed by atoms with E-state index >= 15 is 0 Å². The molecule has 1 aliphatic rings. The van der Waals surface area contributed by atoms with E-state index < -0.39 is 0 Å². The fourth-order valence-electron chi connectivity index (χ4n) is 1.94. The first-order valence-corrected chi connectivity index (χ1v) is 5.47. The Morgan fingerprint density at radius 1 is 1.21 bits per heavy atom. The van der Waals surface area contributed by atoms with E-state index in [9.17, 15) is 0 Å². The molecule has 0 atom stereocenters. The number of likely N-dealkylation sites (N-methyl/N-ethyl adjacent to an activating group) is 1. The average molecular weight is 201 g/mol. The monoisotopic (exact) mass is 201 g/mol. The van der Waals surface area contributed by atoms with Crippen molar-refractivity contribution in [1.29, 1.82) is 0 Å². The Kier molecular flexibility index (Phi) is 3.56. The molecule has 3 nitrogen and oxygen atoms in total. The van der Waals surface area contributed by atoms with Crippen molar-refractivity contribution in [2.75, 3.05) is 46.9 Å². The molecule has 1 aliphatic heterocycles. The number of hydrogen-bond acceptors (Lipinski definition) is 2. The highest BCUT2D eigenvalue weighted by atomic mass is 16.7. The lowest BCUT2D eigenvalue weighted by molar-refractivity contribution is -1.09. The molecule has 84 valence electrons. The molecule has 0 bridgehead atoms. The lowest BCUT2D eigenvalue weighted by atomic mass is 9.96. The Balaban J connectivity index is 2.36. The second kappa shape index (κ2) is 4.17. The van der Waals surface area contributed by atoms with Crippen LogP contribution < -0.4 is 0 Å². The molecular weight excluding hydrogens is 176 g/mol. The Hall–Kier alpha value is -0.120. The molecule has 0 aliphatic carbocycles. The number of nitrogens with zero attached hydrogens (tertiary/aromatic N) is 2. The smallest absolute Gasteiger partial charge is 0.121 e. The van der Waals surface area contributed by atoms with Crippen molar-refractivity contribution in [3.05, 3.63) is 0 Å². The second-order valence-electron chi connectivity index (χ2n) is 5.76. The molecule has 1 fully saturated rings. The summed E-state index contributed by atoms with van der Waals surface area (Å²) in [5, 5.41) is 0. The van der Waals surface area contributed by atoms with Gasteiger partial charge >= 0.3 is 0 Å². The quantitative estimate of drug-likeness (QED) is 0.625. The molecule has 0 amide bonds. The molecule has 1 saturated heterocycles. The number of hydrogen-bond donors (Lipinski definition) is 0. The summed E-state index contributed by atoms with van der Waals surface area (Å²) in [7, 11) is 3.97. The minimum Gasteiger partial charge on any atom is -0.292 e. The molecule has 0 saturated carbocycles. The van der Waals surface area contributed by atoms with Gasteiger partial charge in [0.25, 0.3) is 0 Å². The third kappa shape index (κ3) is 3.56. The van der Waals surface area contributed by atoms with Crippen molar-refractivity contribution in [3.63, 3.8) is 0 Å². The van der Waals surface area contributed by atoms with Gasteiger partial charge in [0.05, 0.1) is 27.2 Å². The molecule has 0 aromatic heterocycles. The van der Waals surface area contributed by atoms with Gasteiger partial charge in [-0.3, -0.25) is 4.90 Å². The van der Waals surface area contributed by atoms with E-state index in [1.807, 2.05) is 0 Å². The number of piperazine rings is 1. The first-order chi connectivity index (χ1) is 6.35. The summed E-state index contributed by atoms with van der Waals surface area (Å²) in [4.78, 5) is 8.01. The van der Waals surface area contributed by atoms with Crippen LogP contribution in [0.3, 0.4) is 0 Å². The maximum Gasteiger partial charge on any atom is 0.121 e. The van der Waals surface area contributed by atoms with Crippen molar-refractivity contribution < 1.29 is 9.48 Å². The zero-order valence-electron chi connectivity index (χ0n) is 10.3. The minimum absolute atomic E-state index is 0.411. The Morgan fingerprint density at radius 2 is 1.71 bits per heavy atom. The van der Waals surface area contributed by atoms with Gasteiger partial charge in [0.1, 0.15) is 13.1 Å². The molecule has 1 heterocycles. The van der Waals surface area contributed by atoms with Crippen LogP contribution in [0.25, 0.3) is 0 Å². The van der Waals surface area contributed by atoms with Gasteiger partial charge in [0.15, 0.2) is 0 Å². The molecule has 0 unspecified atom stereocenters. The van der Waals surface area contributed by atoms with E-state index in [-0.39, 0.29) is 0 Å². The molecule has 14 heavy (non-hydrogen) atoms. The highest BCUT2D eigenvalue weighted by molar-refractivity contribution is 4.70. The van der Waals surface area contributed by atoms with Gasteiger partial charge in [-0.25, -0.2) is 4.84 Å². The van der Waals surface area contributed by atoms with E-state index in [0.717, 1.165) is 30.8 Å². The van der Waals surface area contributed by atoms with Crippen LogP contribution in [0, 0.1) is 5.41 Å². The van der Waals surface area contributed by atoms with E-state index in [4.69, 9.17) is 4.84 Å². The fourth-order valence-corrected chi connectivity index (χ4v) is 1.94. The fraction of sp³-hybridized carbons (Fsp3) is 1.00. The zero-order chi connectivity index (χ0) is 10.8. The number of rotatable bonds is 2. The van der Waals surface area contributed by atoms with E-state index in [0.29, 0.717) is 5.41 Å². The Morgan fingerprint density at radius 3 is 2.07 bits per heavy atom. The molecule has 0 aromatic rings. The molecule has 0 aromatic carbocycles. The van der Waals surface area contributed by atoms with Crippen molar-refractivity contribution in [2.24, 2.45) is 5.41 Å². The molecular formula is C11H25N2O+. The van der Waals surface area contributed by atoms with Gasteiger partial charge in [-0.2, -0.15) is 4.65 Å². The molecule has 0 radical (unpaired) electrons. The highest BCUT2D eigenvalue weighted by Crippen LogP contribution is 2.18. The lowest BCUT2D eigenvalue weighted by Gasteiger charge is -2.40. The van der Waals surface area contributed by atoms with Gasteiger partial charge < -0.3 is 0 Å². The third-order valence-electron chi connectivity index (χ3n) is 2.92. The summed E-state index contributed by atoms with van der Waals surface area (Å²) in [5.74, 6) is 0. The van der Waals surface area contributed by atoms with E-state index in [2.05, 4.69) is 32.7 Å². The van der Waals surface area contributed by atoms with Crippen LogP contribution in [-0.2, 0) is 4.84 Å².